The van der Waals surface area contributed by atoms with Crippen LogP contribution in [0.25, 0.3) is 10.8 Å². The molecule has 0 atom stereocenters. The zero-order valence-electron chi connectivity index (χ0n) is 15.5. The molecule has 3 rings (SSSR count). The Hall–Kier alpha value is -3.06. The Labute approximate surface area is 171 Å². The molecule has 6 nitrogen and oxygen atoms in total. The second-order valence-electron chi connectivity index (χ2n) is 5.95. The lowest BCUT2D eigenvalue weighted by molar-refractivity contribution is -0.119. The van der Waals surface area contributed by atoms with E-state index in [4.69, 9.17) is 9.47 Å². The summed E-state index contributed by atoms with van der Waals surface area (Å²) in [4.78, 5) is 12.0. The van der Waals surface area contributed by atoms with Gasteiger partial charge in [0.1, 0.15) is 0 Å². The van der Waals surface area contributed by atoms with Crippen LogP contribution in [0.1, 0.15) is 5.56 Å². The molecule has 0 radical (unpaired) electrons. The normalized spacial score (nSPS) is 10.8. The number of halogens is 1. The molecule has 0 aromatic heterocycles. The van der Waals surface area contributed by atoms with Crippen molar-refractivity contribution in [3.05, 3.63) is 64.6 Å². The number of nitrogens with one attached hydrogen (secondary N) is 2. The number of hydrazone groups is 1. The molecule has 1 amide bonds. The molecule has 2 N–H and O–H groups in total. The molecule has 144 valence electrons. The molecule has 3 aromatic carbocycles. The van der Waals surface area contributed by atoms with Crippen LogP contribution in [-0.2, 0) is 4.79 Å². The van der Waals surface area contributed by atoms with Crippen molar-refractivity contribution >= 4 is 44.5 Å². The lowest BCUT2D eigenvalue weighted by Gasteiger charge is -2.10. The zero-order chi connectivity index (χ0) is 19.9. The third kappa shape index (κ3) is 4.80. The standard InChI is InChI=1S/C21H20BrN3O3/c1-27-19-10-14(9-18(22)21(19)28-2)12-24-25-20(26)13-23-17-8-7-15-5-3-4-6-16(15)11-17/h3-12,23H,13H2,1-2H3,(H,25,26)/b24-12-. The molecule has 0 saturated carbocycles. The summed E-state index contributed by atoms with van der Waals surface area (Å²) >= 11 is 3.42. The van der Waals surface area contributed by atoms with Crippen LogP contribution in [0.4, 0.5) is 5.69 Å². The molecule has 0 bridgehead atoms. The van der Waals surface area contributed by atoms with Crippen LogP contribution >= 0.6 is 15.9 Å². The molecule has 3 aromatic rings. The quantitative estimate of drug-likeness (QED) is 0.426. The Balaban J connectivity index is 1.57. The number of carbonyl (C=O) groups excluding carboxylic acids is 1. The van der Waals surface area contributed by atoms with E-state index >= 15 is 0 Å². The summed E-state index contributed by atoms with van der Waals surface area (Å²) in [5, 5.41) is 9.36. The number of fused-ring (bicyclic) bond motifs is 1. The first kappa shape index (κ1) is 19.7. The summed E-state index contributed by atoms with van der Waals surface area (Å²) in [5.74, 6) is 0.926. The van der Waals surface area contributed by atoms with Crippen LogP contribution in [0.15, 0.2) is 64.2 Å². The number of hydrogen-bond donors (Lipinski definition) is 2. The molecule has 0 fully saturated rings. The summed E-state index contributed by atoms with van der Waals surface area (Å²) in [6, 6.07) is 17.6. The minimum absolute atomic E-state index is 0.116. The van der Waals surface area contributed by atoms with Crippen LogP contribution in [0, 0.1) is 0 Å². The van der Waals surface area contributed by atoms with Gasteiger partial charge in [-0.3, -0.25) is 4.79 Å². The number of hydrogen-bond acceptors (Lipinski definition) is 5. The molecule has 0 heterocycles. The van der Waals surface area contributed by atoms with Crippen LogP contribution < -0.4 is 20.2 Å². The summed E-state index contributed by atoms with van der Waals surface area (Å²) in [7, 11) is 3.13. The average molecular weight is 442 g/mol. The SMILES string of the molecule is COc1cc(/C=N\NC(=O)CNc2ccc3ccccc3c2)cc(Br)c1OC. The number of ether oxygens (including phenoxy) is 2. The van der Waals surface area contributed by atoms with E-state index < -0.39 is 0 Å². The molecule has 7 heteroatoms. The minimum atomic E-state index is -0.246. The Kier molecular flexibility index (Phi) is 6.49. The maximum Gasteiger partial charge on any atom is 0.259 e. The third-order valence-corrected chi connectivity index (χ3v) is 4.65. The van der Waals surface area contributed by atoms with E-state index in [0.717, 1.165) is 26.5 Å². The van der Waals surface area contributed by atoms with Crippen molar-refractivity contribution in [2.75, 3.05) is 26.1 Å². The van der Waals surface area contributed by atoms with E-state index in [1.807, 2.05) is 48.5 Å². The van der Waals surface area contributed by atoms with E-state index in [0.29, 0.717) is 11.5 Å². The predicted molar refractivity (Wildman–Crippen MR) is 115 cm³/mol. The number of carbonyl (C=O) groups is 1. The maximum absolute atomic E-state index is 12.0. The van der Waals surface area contributed by atoms with Crippen molar-refractivity contribution in [1.82, 2.24) is 5.43 Å². The van der Waals surface area contributed by atoms with Gasteiger partial charge in [0, 0.05) is 5.69 Å². The van der Waals surface area contributed by atoms with Crippen molar-refractivity contribution in [3.8, 4) is 11.5 Å². The largest absolute Gasteiger partial charge is 0.493 e. The molecule has 0 unspecified atom stereocenters. The summed E-state index contributed by atoms with van der Waals surface area (Å²) < 4.78 is 11.3. The topological polar surface area (TPSA) is 72.0 Å². The third-order valence-electron chi connectivity index (χ3n) is 4.06. The first-order chi connectivity index (χ1) is 13.6. The second kappa shape index (κ2) is 9.23. The summed E-state index contributed by atoms with van der Waals surface area (Å²) in [6.45, 7) is 0.116. The fourth-order valence-corrected chi connectivity index (χ4v) is 3.33. The molecule has 0 aliphatic rings. The summed E-state index contributed by atoms with van der Waals surface area (Å²) in [5.41, 5.74) is 4.14. The highest BCUT2D eigenvalue weighted by atomic mass is 79.9. The average Bonchev–Trinajstić information content (AvgIpc) is 2.71. The number of benzene rings is 3. The van der Waals surface area contributed by atoms with Gasteiger partial charge >= 0.3 is 0 Å². The highest BCUT2D eigenvalue weighted by Crippen LogP contribution is 2.35. The summed E-state index contributed by atoms with van der Waals surface area (Å²) in [6.07, 6.45) is 1.54. The smallest absolute Gasteiger partial charge is 0.259 e. The van der Waals surface area contributed by atoms with Gasteiger partial charge in [-0.15, -0.1) is 0 Å². The van der Waals surface area contributed by atoms with Crippen molar-refractivity contribution in [1.29, 1.82) is 0 Å². The first-order valence-corrected chi connectivity index (χ1v) is 9.36. The van der Waals surface area contributed by atoms with Crippen molar-refractivity contribution < 1.29 is 14.3 Å². The second-order valence-corrected chi connectivity index (χ2v) is 6.80. The van der Waals surface area contributed by atoms with Crippen LogP contribution in [0.2, 0.25) is 0 Å². The van der Waals surface area contributed by atoms with Crippen molar-refractivity contribution in [2.24, 2.45) is 5.10 Å². The van der Waals surface area contributed by atoms with Gasteiger partial charge in [0.05, 0.1) is 31.5 Å². The maximum atomic E-state index is 12.0. The number of nitrogens with zero attached hydrogens (tertiary/aromatic N) is 1. The Morgan fingerprint density at radius 3 is 2.61 bits per heavy atom. The molecule has 0 saturated heterocycles. The monoisotopic (exact) mass is 441 g/mol. The fraction of sp³-hybridized carbons (Fsp3) is 0.143. The number of amides is 1. The molecule has 28 heavy (non-hydrogen) atoms. The van der Waals surface area contributed by atoms with E-state index in [1.54, 1.807) is 26.5 Å². The Bertz CT molecular complexity index is 1020. The highest BCUT2D eigenvalue weighted by Gasteiger charge is 2.09. The van der Waals surface area contributed by atoms with E-state index in [2.05, 4.69) is 31.8 Å². The number of methoxy groups -OCH3 is 2. The molecule has 0 aliphatic heterocycles. The van der Waals surface area contributed by atoms with Gasteiger partial charge in [0.2, 0.25) is 0 Å². The van der Waals surface area contributed by atoms with Crippen molar-refractivity contribution in [2.45, 2.75) is 0 Å². The lowest BCUT2D eigenvalue weighted by Crippen LogP contribution is -2.25. The minimum Gasteiger partial charge on any atom is -0.493 e. The fourth-order valence-electron chi connectivity index (χ4n) is 2.71. The van der Waals surface area contributed by atoms with Gasteiger partial charge in [-0.1, -0.05) is 30.3 Å². The molecular formula is C21H20BrN3O3. The van der Waals surface area contributed by atoms with Gasteiger partial charge in [-0.25, -0.2) is 5.43 Å². The van der Waals surface area contributed by atoms with E-state index in [1.165, 1.54) is 0 Å². The first-order valence-electron chi connectivity index (χ1n) is 8.57. The predicted octanol–water partition coefficient (Wildman–Crippen LogP) is 4.18. The van der Waals surface area contributed by atoms with Gasteiger partial charge in [0.25, 0.3) is 5.91 Å². The van der Waals surface area contributed by atoms with Crippen LogP contribution in [0.3, 0.4) is 0 Å². The highest BCUT2D eigenvalue weighted by molar-refractivity contribution is 9.10. The van der Waals surface area contributed by atoms with Crippen LogP contribution in [0.5, 0.6) is 11.5 Å². The number of anilines is 1. The lowest BCUT2D eigenvalue weighted by atomic mass is 10.1. The van der Waals surface area contributed by atoms with E-state index in [9.17, 15) is 4.79 Å². The van der Waals surface area contributed by atoms with Crippen LogP contribution in [-0.4, -0.2) is 32.9 Å². The number of rotatable bonds is 7. The Morgan fingerprint density at radius 1 is 1.07 bits per heavy atom. The van der Waals surface area contributed by atoms with Gasteiger partial charge in [-0.05, 0) is 56.5 Å². The molecular weight excluding hydrogens is 422 g/mol. The molecule has 0 spiro atoms. The van der Waals surface area contributed by atoms with Gasteiger partial charge in [0.15, 0.2) is 11.5 Å². The zero-order valence-corrected chi connectivity index (χ0v) is 17.1. The van der Waals surface area contributed by atoms with E-state index in [-0.39, 0.29) is 12.5 Å². The molecule has 0 aliphatic carbocycles. The van der Waals surface area contributed by atoms with Gasteiger partial charge in [-0.2, -0.15) is 5.10 Å². The Morgan fingerprint density at radius 2 is 1.86 bits per heavy atom. The van der Waals surface area contributed by atoms with Gasteiger partial charge < -0.3 is 14.8 Å². The van der Waals surface area contributed by atoms with Crippen molar-refractivity contribution in [3.63, 3.8) is 0 Å².